The number of rotatable bonds is 8. The van der Waals surface area contributed by atoms with Crippen LogP contribution in [-0.4, -0.2) is 16.5 Å². The van der Waals surface area contributed by atoms with Gasteiger partial charge in [0.25, 0.3) is 0 Å². The maximum atomic E-state index is 13.1. The zero-order valence-electron chi connectivity index (χ0n) is 19.1. The molecule has 4 rings (SSSR count). The van der Waals surface area contributed by atoms with Gasteiger partial charge in [0.2, 0.25) is 0 Å². The lowest BCUT2D eigenvalue weighted by Gasteiger charge is -2.26. The molecule has 32 heavy (non-hydrogen) atoms. The Kier molecular flexibility index (Phi) is 7.62. The normalized spacial score (nSPS) is 19.4. The fraction of sp³-hybridized carbons (Fsp3) is 0.464. The molecule has 2 aromatic carbocycles. The zero-order chi connectivity index (χ0) is 22.3. The van der Waals surface area contributed by atoms with Crippen molar-refractivity contribution in [2.24, 2.45) is 5.92 Å². The minimum Gasteiger partial charge on any atom is -0.490 e. The SMILES string of the molecule is CC(=O)c1cn(CCCCC2CCCCC(Oc3ccc(F)cc3)CC2)c2ccccc12. The van der Waals surface area contributed by atoms with Crippen LogP contribution < -0.4 is 4.74 Å². The van der Waals surface area contributed by atoms with Gasteiger partial charge in [-0.1, -0.05) is 43.9 Å². The number of hydrogen-bond donors (Lipinski definition) is 0. The number of Topliss-reactive ketones (excluding diaryl/α,β-unsaturated/α-hetero) is 1. The third kappa shape index (κ3) is 5.79. The van der Waals surface area contributed by atoms with Gasteiger partial charge >= 0.3 is 0 Å². The highest BCUT2D eigenvalue weighted by atomic mass is 19.1. The lowest BCUT2D eigenvalue weighted by molar-refractivity contribution is 0.101. The number of fused-ring (bicyclic) bond motifs is 1. The molecule has 0 saturated heterocycles. The van der Waals surface area contributed by atoms with Gasteiger partial charge in [-0.15, -0.1) is 0 Å². The summed E-state index contributed by atoms with van der Waals surface area (Å²) >= 11 is 0. The van der Waals surface area contributed by atoms with E-state index in [1.807, 2.05) is 24.4 Å². The first-order valence-electron chi connectivity index (χ1n) is 12.1. The van der Waals surface area contributed by atoms with Crippen molar-refractivity contribution in [2.75, 3.05) is 0 Å². The average Bonchev–Trinajstić information content (AvgIpc) is 3.15. The summed E-state index contributed by atoms with van der Waals surface area (Å²) in [6, 6.07) is 14.6. The van der Waals surface area contributed by atoms with Crippen LogP contribution in [0.1, 0.15) is 75.1 Å². The van der Waals surface area contributed by atoms with E-state index in [0.717, 1.165) is 53.9 Å². The van der Waals surface area contributed by atoms with Crippen LogP contribution in [0, 0.1) is 11.7 Å². The number of aromatic nitrogens is 1. The Morgan fingerprint density at radius 2 is 1.78 bits per heavy atom. The molecule has 3 aromatic rings. The molecule has 3 nitrogen and oxygen atoms in total. The molecular weight excluding hydrogens is 401 g/mol. The summed E-state index contributed by atoms with van der Waals surface area (Å²) < 4.78 is 21.5. The van der Waals surface area contributed by atoms with Crippen molar-refractivity contribution in [1.82, 2.24) is 4.57 Å². The predicted molar refractivity (Wildman–Crippen MR) is 128 cm³/mol. The highest BCUT2D eigenvalue weighted by molar-refractivity contribution is 6.06. The predicted octanol–water partition coefficient (Wildman–Crippen LogP) is 7.57. The van der Waals surface area contributed by atoms with E-state index in [0.29, 0.717) is 0 Å². The summed E-state index contributed by atoms with van der Waals surface area (Å²) in [6.45, 7) is 2.60. The molecule has 2 atom stereocenters. The van der Waals surface area contributed by atoms with E-state index in [1.54, 1.807) is 19.1 Å². The van der Waals surface area contributed by atoms with Gasteiger partial charge in [0, 0.05) is 29.2 Å². The number of para-hydroxylation sites is 1. The Morgan fingerprint density at radius 1 is 1.00 bits per heavy atom. The summed E-state index contributed by atoms with van der Waals surface area (Å²) in [5.41, 5.74) is 1.98. The summed E-state index contributed by atoms with van der Waals surface area (Å²) in [4.78, 5) is 12.0. The van der Waals surface area contributed by atoms with Crippen molar-refractivity contribution in [1.29, 1.82) is 0 Å². The van der Waals surface area contributed by atoms with Crippen LogP contribution in [0.3, 0.4) is 0 Å². The second-order valence-corrected chi connectivity index (χ2v) is 9.23. The van der Waals surface area contributed by atoms with Gasteiger partial charge in [-0.25, -0.2) is 4.39 Å². The molecule has 1 fully saturated rings. The molecule has 1 heterocycles. The van der Waals surface area contributed by atoms with Crippen LogP contribution in [0.2, 0.25) is 0 Å². The molecule has 0 bridgehead atoms. The lowest BCUT2D eigenvalue weighted by atomic mass is 9.86. The van der Waals surface area contributed by atoms with Crippen LogP contribution >= 0.6 is 0 Å². The molecule has 4 heteroatoms. The first-order valence-corrected chi connectivity index (χ1v) is 12.1. The van der Waals surface area contributed by atoms with Gasteiger partial charge in [-0.05, 0) is 75.3 Å². The van der Waals surface area contributed by atoms with Crippen molar-refractivity contribution in [3.05, 3.63) is 66.1 Å². The van der Waals surface area contributed by atoms with E-state index in [-0.39, 0.29) is 17.7 Å². The summed E-state index contributed by atoms with van der Waals surface area (Å²) in [6.07, 6.45) is 13.0. The van der Waals surface area contributed by atoms with E-state index in [1.165, 1.54) is 50.7 Å². The maximum absolute atomic E-state index is 13.1. The number of nitrogens with zero attached hydrogens (tertiary/aromatic N) is 1. The van der Waals surface area contributed by atoms with Crippen molar-refractivity contribution in [3.8, 4) is 5.75 Å². The standard InChI is InChI=1S/C28H34FNO2/c1-21(31)27-20-30(28-12-5-4-11-26(27)28)19-7-6-9-22-8-2-3-10-24(16-13-22)32-25-17-14-23(29)15-18-25/h4-5,11-12,14-15,17-18,20,22,24H,2-3,6-10,13,16,19H2,1H3. The number of halogens is 1. The number of aryl methyl sites for hydroxylation is 1. The first-order chi connectivity index (χ1) is 15.6. The molecule has 0 N–H and O–H groups in total. The monoisotopic (exact) mass is 435 g/mol. The van der Waals surface area contributed by atoms with Crippen molar-refractivity contribution >= 4 is 16.7 Å². The van der Waals surface area contributed by atoms with Crippen LogP contribution in [0.25, 0.3) is 10.9 Å². The quantitative estimate of drug-likeness (QED) is 0.270. The number of unbranched alkanes of at least 4 members (excludes halogenated alkanes) is 1. The minimum atomic E-state index is -0.222. The van der Waals surface area contributed by atoms with E-state index < -0.39 is 0 Å². The Labute approximate surface area is 190 Å². The molecule has 1 saturated carbocycles. The molecule has 1 aliphatic rings. The van der Waals surface area contributed by atoms with Gasteiger partial charge in [0.05, 0.1) is 6.10 Å². The number of carbonyl (C=O) groups excluding carboxylic acids is 1. The number of benzene rings is 2. The van der Waals surface area contributed by atoms with Crippen LogP contribution in [0.4, 0.5) is 4.39 Å². The van der Waals surface area contributed by atoms with E-state index in [4.69, 9.17) is 4.74 Å². The van der Waals surface area contributed by atoms with Gasteiger partial charge < -0.3 is 9.30 Å². The molecule has 0 spiro atoms. The van der Waals surface area contributed by atoms with E-state index in [2.05, 4.69) is 10.6 Å². The van der Waals surface area contributed by atoms with Gasteiger partial charge in [0.15, 0.2) is 5.78 Å². The molecule has 0 radical (unpaired) electrons. The van der Waals surface area contributed by atoms with Crippen molar-refractivity contribution in [2.45, 2.75) is 77.4 Å². The van der Waals surface area contributed by atoms with Gasteiger partial charge in [-0.2, -0.15) is 0 Å². The molecule has 1 aliphatic carbocycles. The number of ketones is 1. The number of hydrogen-bond acceptors (Lipinski definition) is 2. The molecule has 170 valence electrons. The Balaban J connectivity index is 1.26. The minimum absolute atomic E-state index is 0.131. The van der Waals surface area contributed by atoms with Crippen LogP contribution in [0.5, 0.6) is 5.75 Å². The molecule has 1 aromatic heterocycles. The molecule has 0 aliphatic heterocycles. The van der Waals surface area contributed by atoms with E-state index in [9.17, 15) is 9.18 Å². The summed E-state index contributed by atoms with van der Waals surface area (Å²) in [7, 11) is 0. The molecule has 0 amide bonds. The summed E-state index contributed by atoms with van der Waals surface area (Å²) in [5.74, 6) is 1.44. The Hall–Kier alpha value is -2.62. The van der Waals surface area contributed by atoms with Crippen LogP contribution in [-0.2, 0) is 6.54 Å². The van der Waals surface area contributed by atoms with E-state index >= 15 is 0 Å². The van der Waals surface area contributed by atoms with Crippen LogP contribution in [0.15, 0.2) is 54.7 Å². The number of carbonyl (C=O) groups is 1. The average molecular weight is 436 g/mol. The first kappa shape index (κ1) is 22.6. The summed E-state index contributed by atoms with van der Waals surface area (Å²) in [5, 5.41) is 1.06. The second-order valence-electron chi connectivity index (χ2n) is 9.23. The molecular formula is C28H34FNO2. The second kappa shape index (κ2) is 10.8. The van der Waals surface area contributed by atoms with Gasteiger partial charge in [0.1, 0.15) is 11.6 Å². The maximum Gasteiger partial charge on any atom is 0.161 e. The Bertz CT molecular complexity index is 1020. The molecule has 2 unspecified atom stereocenters. The number of ether oxygens (including phenoxy) is 1. The fourth-order valence-corrected chi connectivity index (χ4v) is 5.05. The Morgan fingerprint density at radius 3 is 2.59 bits per heavy atom. The topological polar surface area (TPSA) is 31.2 Å². The third-order valence-corrected chi connectivity index (χ3v) is 6.83. The lowest BCUT2D eigenvalue weighted by Crippen LogP contribution is -2.20. The highest BCUT2D eigenvalue weighted by Gasteiger charge is 2.19. The largest absolute Gasteiger partial charge is 0.490 e. The van der Waals surface area contributed by atoms with Crippen molar-refractivity contribution < 1.29 is 13.9 Å². The smallest absolute Gasteiger partial charge is 0.161 e. The fourth-order valence-electron chi connectivity index (χ4n) is 5.05. The van der Waals surface area contributed by atoms with Crippen molar-refractivity contribution in [3.63, 3.8) is 0 Å². The highest BCUT2D eigenvalue weighted by Crippen LogP contribution is 2.29. The zero-order valence-corrected chi connectivity index (χ0v) is 19.1. The third-order valence-electron chi connectivity index (χ3n) is 6.83. The van der Waals surface area contributed by atoms with Gasteiger partial charge in [-0.3, -0.25) is 4.79 Å².